The Kier molecular flexibility index (Phi) is 6.05. The molecule has 2 aromatic rings. The third kappa shape index (κ3) is 3.82. The minimum atomic E-state index is -1.24. The third-order valence-electron chi connectivity index (χ3n) is 8.36. The Morgan fingerprint density at radius 3 is 2.65 bits per heavy atom. The fourth-order valence-corrected chi connectivity index (χ4v) is 6.95. The molecule has 4 atom stereocenters. The number of carbonyl (C=O) groups is 1. The highest BCUT2D eigenvalue weighted by molar-refractivity contribution is 6.12. The summed E-state index contributed by atoms with van der Waals surface area (Å²) in [6, 6.07) is 3.92. The quantitative estimate of drug-likeness (QED) is 0.589. The molecule has 37 heavy (non-hydrogen) atoms. The van der Waals surface area contributed by atoms with E-state index in [1.165, 1.54) is 0 Å². The number of nitrogens with zero attached hydrogens (tertiary/aromatic N) is 4. The van der Waals surface area contributed by atoms with Crippen molar-refractivity contribution < 1.29 is 24.5 Å². The first-order valence-electron chi connectivity index (χ1n) is 13.0. The predicted molar refractivity (Wildman–Crippen MR) is 139 cm³/mol. The molecule has 0 saturated carbocycles. The lowest BCUT2D eigenvalue weighted by Crippen LogP contribution is -2.53. The van der Waals surface area contributed by atoms with Crippen LogP contribution in [0.15, 0.2) is 24.4 Å². The standard InChI is InChI=1S/C28H38N4O5/c1-16-14-26(3,4)32-24-20(16)12-19(36-7)13-21(24)28(25(32)34)17(2)23(27(5,6)35)22(37-28)8-10-31-15-18(9-11-33)29-30-31/h12-15,17,22-23,33,35H,8-11H2,1-7H3/t17-,22+,23-,28+/m1/s1. The Bertz CT molecular complexity index is 1260. The van der Waals surface area contributed by atoms with Gasteiger partial charge in [-0.05, 0) is 58.7 Å². The average molecular weight is 511 g/mol. The molecule has 3 aliphatic heterocycles. The van der Waals surface area contributed by atoms with E-state index in [1.807, 2.05) is 44.0 Å². The van der Waals surface area contributed by atoms with Gasteiger partial charge in [-0.15, -0.1) is 5.10 Å². The van der Waals surface area contributed by atoms with Gasteiger partial charge in [0, 0.05) is 48.7 Å². The van der Waals surface area contributed by atoms with Gasteiger partial charge in [0.2, 0.25) is 0 Å². The number of carbonyl (C=O) groups excluding carboxylic acids is 1. The van der Waals surface area contributed by atoms with Crippen LogP contribution >= 0.6 is 0 Å². The Balaban J connectivity index is 1.59. The number of benzene rings is 1. The maximum Gasteiger partial charge on any atom is 0.265 e. The number of fused-ring (bicyclic) bond motifs is 1. The second kappa shape index (κ2) is 8.64. The molecule has 9 nitrogen and oxygen atoms in total. The van der Waals surface area contributed by atoms with Gasteiger partial charge in [-0.2, -0.15) is 0 Å². The monoisotopic (exact) mass is 510 g/mol. The first kappa shape index (κ1) is 25.9. The predicted octanol–water partition coefficient (Wildman–Crippen LogP) is 3.07. The zero-order valence-corrected chi connectivity index (χ0v) is 22.8. The number of amides is 1. The molecule has 3 aliphatic rings. The summed E-state index contributed by atoms with van der Waals surface area (Å²) in [5.74, 6) is -0.0322. The maximum absolute atomic E-state index is 14.5. The van der Waals surface area contributed by atoms with E-state index in [0.717, 1.165) is 28.1 Å². The molecule has 1 aromatic heterocycles. The van der Waals surface area contributed by atoms with E-state index in [2.05, 4.69) is 23.3 Å². The molecule has 5 rings (SSSR count). The fourth-order valence-electron chi connectivity index (χ4n) is 6.95. The molecule has 200 valence electrons. The maximum atomic E-state index is 14.5. The van der Waals surface area contributed by atoms with Gasteiger partial charge in [0.25, 0.3) is 5.91 Å². The zero-order valence-electron chi connectivity index (χ0n) is 22.8. The minimum Gasteiger partial charge on any atom is -0.497 e. The molecule has 0 radical (unpaired) electrons. The molecule has 2 N–H and O–H groups in total. The summed E-state index contributed by atoms with van der Waals surface area (Å²) in [5.41, 5.74) is 1.61. The van der Waals surface area contributed by atoms with Gasteiger partial charge in [0.05, 0.1) is 35.7 Å². The van der Waals surface area contributed by atoms with E-state index in [0.29, 0.717) is 25.1 Å². The van der Waals surface area contributed by atoms with Crippen LogP contribution in [0.5, 0.6) is 5.75 Å². The minimum absolute atomic E-state index is 0.0133. The van der Waals surface area contributed by atoms with Crippen molar-refractivity contribution in [3.05, 3.63) is 41.2 Å². The normalized spacial score (nSPS) is 28.1. The number of hydrogen-bond acceptors (Lipinski definition) is 7. The molecule has 9 heteroatoms. The number of aromatic nitrogens is 3. The van der Waals surface area contributed by atoms with Gasteiger partial charge in [0.1, 0.15) is 5.75 Å². The van der Waals surface area contributed by atoms with Gasteiger partial charge in [-0.1, -0.05) is 18.2 Å². The summed E-state index contributed by atoms with van der Waals surface area (Å²) >= 11 is 0. The van der Waals surface area contributed by atoms with Crippen molar-refractivity contribution in [1.29, 1.82) is 0 Å². The zero-order chi connectivity index (χ0) is 26.9. The summed E-state index contributed by atoms with van der Waals surface area (Å²) in [6.45, 7) is 12.3. The van der Waals surface area contributed by atoms with E-state index < -0.39 is 22.8 Å². The van der Waals surface area contributed by atoms with Crippen molar-refractivity contribution in [2.75, 3.05) is 18.6 Å². The smallest absolute Gasteiger partial charge is 0.265 e. The SMILES string of the molecule is COc1cc2c3c(c1)[C@]1(O[C@@H](CCn4cc(CCO)nn4)[C@H](C(C)(C)O)[C@H]1C)C(=O)N3C(C)(C)C=C2C. The number of anilines is 1. The molecule has 1 aromatic carbocycles. The number of aliphatic hydroxyl groups excluding tert-OH is 1. The van der Waals surface area contributed by atoms with Crippen LogP contribution in [0, 0.1) is 11.8 Å². The fraction of sp³-hybridized carbons (Fsp3) is 0.607. The summed E-state index contributed by atoms with van der Waals surface area (Å²) in [4.78, 5) is 16.4. The highest BCUT2D eigenvalue weighted by atomic mass is 16.5. The first-order chi connectivity index (χ1) is 17.3. The van der Waals surface area contributed by atoms with Gasteiger partial charge < -0.3 is 19.7 Å². The Morgan fingerprint density at radius 2 is 2.00 bits per heavy atom. The first-order valence-corrected chi connectivity index (χ1v) is 13.0. The van der Waals surface area contributed by atoms with Crippen molar-refractivity contribution in [1.82, 2.24) is 15.0 Å². The van der Waals surface area contributed by atoms with Crippen molar-refractivity contribution in [2.45, 2.75) is 83.8 Å². The molecule has 4 heterocycles. The second-order valence-corrected chi connectivity index (χ2v) is 11.8. The molecular formula is C28H38N4O5. The average Bonchev–Trinajstić information content (AvgIpc) is 3.45. The molecule has 1 amide bonds. The molecule has 1 saturated heterocycles. The number of aryl methyl sites for hydroxylation is 1. The van der Waals surface area contributed by atoms with Gasteiger partial charge in [-0.3, -0.25) is 14.4 Å². The number of rotatable bonds is 7. The lowest BCUT2D eigenvalue weighted by atomic mass is 9.70. The number of methoxy groups -OCH3 is 1. The molecule has 1 fully saturated rings. The van der Waals surface area contributed by atoms with E-state index in [-0.39, 0.29) is 24.3 Å². The molecule has 0 unspecified atom stereocenters. The van der Waals surface area contributed by atoms with E-state index in [4.69, 9.17) is 9.47 Å². The molecule has 0 bridgehead atoms. The summed E-state index contributed by atoms with van der Waals surface area (Å²) in [6.07, 6.45) is 4.53. The van der Waals surface area contributed by atoms with Gasteiger partial charge in [0.15, 0.2) is 5.60 Å². The summed E-state index contributed by atoms with van der Waals surface area (Å²) in [7, 11) is 1.63. The largest absolute Gasteiger partial charge is 0.497 e. The third-order valence-corrected chi connectivity index (χ3v) is 8.36. The van der Waals surface area contributed by atoms with Crippen LogP contribution < -0.4 is 9.64 Å². The van der Waals surface area contributed by atoms with Crippen LogP contribution in [0.2, 0.25) is 0 Å². The van der Waals surface area contributed by atoms with Crippen LogP contribution in [0.25, 0.3) is 5.57 Å². The second-order valence-electron chi connectivity index (χ2n) is 11.8. The number of hydrogen-bond donors (Lipinski definition) is 2. The Hall–Kier alpha value is -2.75. The lowest BCUT2D eigenvalue weighted by molar-refractivity contribution is -0.147. The number of allylic oxidation sites excluding steroid dienone is 1. The summed E-state index contributed by atoms with van der Waals surface area (Å²) in [5, 5.41) is 28.8. The van der Waals surface area contributed by atoms with Crippen LogP contribution in [0.3, 0.4) is 0 Å². The highest BCUT2D eigenvalue weighted by Crippen LogP contribution is 2.61. The lowest BCUT2D eigenvalue weighted by Gasteiger charge is -2.39. The molecule has 1 spiro atoms. The van der Waals surface area contributed by atoms with Crippen LogP contribution in [0.1, 0.15) is 64.8 Å². The van der Waals surface area contributed by atoms with Crippen molar-refractivity contribution in [2.24, 2.45) is 11.8 Å². The molecule has 0 aliphatic carbocycles. The van der Waals surface area contributed by atoms with Crippen molar-refractivity contribution in [3.8, 4) is 5.75 Å². The molecular weight excluding hydrogens is 472 g/mol. The Labute approximate surface area is 218 Å². The van der Waals surface area contributed by atoms with Crippen LogP contribution in [-0.4, -0.2) is 62.1 Å². The van der Waals surface area contributed by atoms with Crippen LogP contribution in [-0.2, 0) is 28.1 Å². The van der Waals surface area contributed by atoms with Crippen molar-refractivity contribution in [3.63, 3.8) is 0 Å². The van der Waals surface area contributed by atoms with E-state index in [1.54, 1.807) is 25.6 Å². The number of ether oxygens (including phenoxy) is 2. The van der Waals surface area contributed by atoms with Gasteiger partial charge in [-0.25, -0.2) is 0 Å². The van der Waals surface area contributed by atoms with E-state index >= 15 is 0 Å². The van der Waals surface area contributed by atoms with E-state index in [9.17, 15) is 15.0 Å². The number of aliphatic hydroxyl groups is 2. The highest BCUT2D eigenvalue weighted by Gasteiger charge is 2.67. The van der Waals surface area contributed by atoms with Crippen molar-refractivity contribution >= 4 is 17.2 Å². The van der Waals surface area contributed by atoms with Crippen LogP contribution in [0.4, 0.5) is 5.69 Å². The summed E-state index contributed by atoms with van der Waals surface area (Å²) < 4.78 is 14.3. The Morgan fingerprint density at radius 1 is 1.27 bits per heavy atom. The topological polar surface area (TPSA) is 110 Å². The van der Waals surface area contributed by atoms with Gasteiger partial charge >= 0.3 is 0 Å².